The third-order valence-electron chi connectivity index (χ3n) is 3.45. The number of hydrogen-bond donors (Lipinski definition) is 1. The highest BCUT2D eigenvalue weighted by Crippen LogP contribution is 2.29. The van der Waals surface area contributed by atoms with E-state index in [1.54, 1.807) is 0 Å². The zero-order valence-electron chi connectivity index (χ0n) is 12.6. The van der Waals surface area contributed by atoms with Crippen LogP contribution in [0.3, 0.4) is 0 Å². The van der Waals surface area contributed by atoms with Crippen molar-refractivity contribution in [1.82, 2.24) is 0 Å². The third kappa shape index (κ3) is 4.48. The number of carboxylic acids is 1. The summed E-state index contributed by atoms with van der Waals surface area (Å²) in [4.78, 5) is 11.2. The van der Waals surface area contributed by atoms with Gasteiger partial charge in [0.25, 0.3) is 0 Å². The average molecular weight is 296 g/mol. The molecular formula is C19H20O3. The minimum Gasteiger partial charge on any atom is -0.490 e. The Kier molecular flexibility index (Phi) is 5.78. The number of benzene rings is 2. The van der Waals surface area contributed by atoms with Crippen LogP contribution in [0.1, 0.15) is 30.4 Å². The van der Waals surface area contributed by atoms with Crippen molar-refractivity contribution < 1.29 is 14.6 Å². The molecule has 0 saturated carbocycles. The molecule has 1 N–H and O–H groups in total. The highest BCUT2D eigenvalue weighted by atomic mass is 16.5. The monoisotopic (exact) mass is 296 g/mol. The summed E-state index contributed by atoms with van der Waals surface area (Å²) in [6.45, 7) is 2.48. The summed E-state index contributed by atoms with van der Waals surface area (Å²) in [5.74, 6) is -0.172. The molecule has 2 rings (SSSR count). The van der Waals surface area contributed by atoms with Crippen molar-refractivity contribution in [3.63, 3.8) is 0 Å². The fourth-order valence-corrected chi connectivity index (χ4v) is 2.33. The van der Waals surface area contributed by atoms with Gasteiger partial charge < -0.3 is 9.84 Å². The SMILES string of the molecule is C/C=C/COc1ccc(C(CC(=O)O)c2ccccc2)cc1. The molecule has 1 atom stereocenters. The molecule has 0 saturated heterocycles. The Morgan fingerprint density at radius 2 is 1.73 bits per heavy atom. The first-order chi connectivity index (χ1) is 10.7. The topological polar surface area (TPSA) is 46.5 Å². The van der Waals surface area contributed by atoms with Crippen LogP contribution in [0, 0.1) is 0 Å². The van der Waals surface area contributed by atoms with Gasteiger partial charge in [0, 0.05) is 5.92 Å². The molecule has 0 aliphatic carbocycles. The standard InChI is InChI=1S/C19H20O3/c1-2-3-13-22-17-11-9-16(10-12-17)18(14-19(20)21)15-7-5-4-6-8-15/h2-12,18H,13-14H2,1H3,(H,20,21)/b3-2+. The average Bonchev–Trinajstić information content (AvgIpc) is 2.54. The van der Waals surface area contributed by atoms with Crippen LogP contribution >= 0.6 is 0 Å². The Bertz CT molecular complexity index is 615. The van der Waals surface area contributed by atoms with Gasteiger partial charge in [0.15, 0.2) is 0 Å². The largest absolute Gasteiger partial charge is 0.490 e. The fourth-order valence-electron chi connectivity index (χ4n) is 2.33. The molecule has 0 fully saturated rings. The molecule has 0 aliphatic rings. The van der Waals surface area contributed by atoms with E-state index < -0.39 is 5.97 Å². The summed E-state index contributed by atoms with van der Waals surface area (Å²) in [5.41, 5.74) is 1.99. The lowest BCUT2D eigenvalue weighted by molar-refractivity contribution is -0.137. The molecule has 1 unspecified atom stereocenters. The molecule has 0 amide bonds. The molecule has 0 aromatic heterocycles. The van der Waals surface area contributed by atoms with Crippen molar-refractivity contribution >= 4 is 5.97 Å². The van der Waals surface area contributed by atoms with Gasteiger partial charge in [-0.2, -0.15) is 0 Å². The van der Waals surface area contributed by atoms with Crippen LogP contribution in [0.2, 0.25) is 0 Å². The van der Waals surface area contributed by atoms with Crippen LogP contribution in [0.25, 0.3) is 0 Å². The smallest absolute Gasteiger partial charge is 0.304 e. The second kappa shape index (κ2) is 8.03. The highest BCUT2D eigenvalue weighted by molar-refractivity contribution is 5.69. The Labute approximate surface area is 130 Å². The molecule has 0 aliphatic heterocycles. The van der Waals surface area contributed by atoms with Gasteiger partial charge in [-0.25, -0.2) is 0 Å². The number of carbonyl (C=O) groups is 1. The van der Waals surface area contributed by atoms with Crippen molar-refractivity contribution in [3.8, 4) is 5.75 Å². The molecule has 0 radical (unpaired) electrons. The molecule has 3 nitrogen and oxygen atoms in total. The number of ether oxygens (including phenoxy) is 1. The van der Waals surface area contributed by atoms with Gasteiger partial charge >= 0.3 is 5.97 Å². The summed E-state index contributed by atoms with van der Waals surface area (Å²) in [7, 11) is 0. The first-order valence-electron chi connectivity index (χ1n) is 7.31. The lowest BCUT2D eigenvalue weighted by atomic mass is 9.88. The molecule has 3 heteroatoms. The number of rotatable bonds is 7. The number of allylic oxidation sites excluding steroid dienone is 1. The highest BCUT2D eigenvalue weighted by Gasteiger charge is 2.17. The molecular weight excluding hydrogens is 276 g/mol. The zero-order valence-corrected chi connectivity index (χ0v) is 12.6. The molecule has 114 valence electrons. The maximum atomic E-state index is 11.2. The Morgan fingerprint density at radius 3 is 2.32 bits per heavy atom. The second-order valence-corrected chi connectivity index (χ2v) is 5.01. The quantitative estimate of drug-likeness (QED) is 0.777. The minimum atomic E-state index is -0.803. The Hall–Kier alpha value is -2.55. The van der Waals surface area contributed by atoms with E-state index in [1.165, 1.54) is 0 Å². The maximum absolute atomic E-state index is 11.2. The summed E-state index contributed by atoms with van der Waals surface area (Å²) in [6.07, 6.45) is 3.95. The van der Waals surface area contributed by atoms with Gasteiger partial charge in [-0.3, -0.25) is 4.79 Å². The van der Waals surface area contributed by atoms with E-state index in [4.69, 9.17) is 4.74 Å². The first kappa shape index (κ1) is 15.8. The van der Waals surface area contributed by atoms with Gasteiger partial charge in [-0.15, -0.1) is 0 Å². The first-order valence-corrected chi connectivity index (χ1v) is 7.31. The number of aliphatic carboxylic acids is 1. The van der Waals surface area contributed by atoms with Crippen molar-refractivity contribution in [2.75, 3.05) is 6.61 Å². The maximum Gasteiger partial charge on any atom is 0.304 e. The van der Waals surface area contributed by atoms with Gasteiger partial charge in [-0.1, -0.05) is 54.6 Å². The second-order valence-electron chi connectivity index (χ2n) is 5.01. The van der Waals surface area contributed by atoms with Crippen molar-refractivity contribution in [1.29, 1.82) is 0 Å². The summed E-state index contributed by atoms with van der Waals surface area (Å²) in [6, 6.07) is 17.4. The van der Waals surface area contributed by atoms with Gasteiger partial charge in [0.05, 0.1) is 6.42 Å². The van der Waals surface area contributed by atoms with Crippen molar-refractivity contribution in [2.24, 2.45) is 0 Å². The molecule has 0 spiro atoms. The van der Waals surface area contributed by atoms with Crippen molar-refractivity contribution in [2.45, 2.75) is 19.3 Å². The van der Waals surface area contributed by atoms with E-state index in [1.807, 2.05) is 73.7 Å². The Morgan fingerprint density at radius 1 is 1.09 bits per heavy atom. The summed E-state index contributed by atoms with van der Waals surface area (Å²) in [5, 5.41) is 9.17. The minimum absolute atomic E-state index is 0.0722. The van der Waals surface area contributed by atoms with Gasteiger partial charge in [-0.05, 0) is 30.2 Å². The van der Waals surface area contributed by atoms with Gasteiger partial charge in [0.2, 0.25) is 0 Å². The number of hydrogen-bond acceptors (Lipinski definition) is 2. The molecule has 2 aromatic rings. The molecule has 0 heterocycles. The lowest BCUT2D eigenvalue weighted by Gasteiger charge is -2.16. The predicted molar refractivity (Wildman–Crippen MR) is 87.3 cm³/mol. The molecule has 2 aromatic carbocycles. The zero-order chi connectivity index (χ0) is 15.8. The Balaban J connectivity index is 2.19. The van der Waals surface area contributed by atoms with E-state index >= 15 is 0 Å². The van der Waals surface area contributed by atoms with E-state index in [0.717, 1.165) is 16.9 Å². The van der Waals surface area contributed by atoms with Gasteiger partial charge in [0.1, 0.15) is 12.4 Å². The van der Waals surface area contributed by atoms with Crippen molar-refractivity contribution in [3.05, 3.63) is 77.9 Å². The normalized spacial score (nSPS) is 12.2. The van der Waals surface area contributed by atoms with E-state index in [9.17, 15) is 9.90 Å². The predicted octanol–water partition coefficient (Wildman–Crippen LogP) is 4.25. The van der Waals surface area contributed by atoms with E-state index in [2.05, 4.69) is 0 Å². The van der Waals surface area contributed by atoms with Crippen LogP contribution in [-0.4, -0.2) is 17.7 Å². The molecule has 0 bridgehead atoms. The van der Waals surface area contributed by atoms with Crippen LogP contribution in [-0.2, 0) is 4.79 Å². The van der Waals surface area contributed by atoms with Crippen LogP contribution in [0.5, 0.6) is 5.75 Å². The number of carboxylic acid groups (broad SMARTS) is 1. The third-order valence-corrected chi connectivity index (χ3v) is 3.45. The van der Waals surface area contributed by atoms with E-state index in [-0.39, 0.29) is 12.3 Å². The van der Waals surface area contributed by atoms with Crippen LogP contribution in [0.4, 0.5) is 0 Å². The summed E-state index contributed by atoms with van der Waals surface area (Å²) >= 11 is 0. The lowest BCUT2D eigenvalue weighted by Crippen LogP contribution is -2.08. The van der Waals surface area contributed by atoms with E-state index in [0.29, 0.717) is 6.61 Å². The molecule has 22 heavy (non-hydrogen) atoms. The van der Waals surface area contributed by atoms with Crippen LogP contribution in [0.15, 0.2) is 66.7 Å². The fraction of sp³-hybridized carbons (Fsp3) is 0.211. The summed E-state index contributed by atoms with van der Waals surface area (Å²) < 4.78 is 5.56. The van der Waals surface area contributed by atoms with Crippen LogP contribution < -0.4 is 4.74 Å².